The minimum absolute atomic E-state index is 1.000. The molecule has 3 rings (SSSR count). The van der Waals surface area contributed by atoms with E-state index in [1.165, 1.54) is 17.0 Å². The number of hydrogen-bond donors (Lipinski definition) is 0. The fourth-order valence-electron chi connectivity index (χ4n) is 2.18. The second-order valence-corrected chi connectivity index (χ2v) is 4.32. The van der Waals surface area contributed by atoms with Gasteiger partial charge in [0.15, 0.2) is 0 Å². The van der Waals surface area contributed by atoms with Gasteiger partial charge in [-0.2, -0.15) is 0 Å². The van der Waals surface area contributed by atoms with E-state index in [0.717, 1.165) is 5.69 Å². The number of aromatic nitrogens is 1. The molecule has 0 saturated carbocycles. The Labute approximate surface area is 113 Å². The molecule has 0 N–H and O–H groups in total. The van der Waals surface area contributed by atoms with Gasteiger partial charge >= 0.3 is 0 Å². The molecule has 1 nitrogen and oxygen atoms in total. The molecule has 0 saturated heterocycles. The summed E-state index contributed by atoms with van der Waals surface area (Å²) in [5.41, 5.74) is 3.37. The maximum atomic E-state index is 4.49. The van der Waals surface area contributed by atoms with Crippen LogP contribution in [0.4, 0.5) is 0 Å². The quantitative estimate of drug-likeness (QED) is 0.676. The molecule has 0 aliphatic heterocycles. The van der Waals surface area contributed by atoms with Crippen LogP contribution in [0.3, 0.4) is 0 Å². The molecule has 0 aliphatic rings. The Kier molecular flexibility index (Phi) is 3.37. The third-order valence-corrected chi connectivity index (χ3v) is 3.05. The van der Waals surface area contributed by atoms with E-state index in [9.17, 15) is 0 Å². The normalized spacial score (nSPS) is 10.6. The van der Waals surface area contributed by atoms with Crippen LogP contribution in [0.25, 0.3) is 0 Å². The third-order valence-electron chi connectivity index (χ3n) is 3.05. The number of nitrogens with zero attached hydrogens (tertiary/aromatic N) is 1. The van der Waals surface area contributed by atoms with Gasteiger partial charge in [0.2, 0.25) is 0 Å². The van der Waals surface area contributed by atoms with Crippen molar-refractivity contribution in [3.8, 4) is 0 Å². The van der Waals surface area contributed by atoms with Gasteiger partial charge in [-0.3, -0.25) is 4.98 Å². The fraction of sp³-hybridized carbons (Fsp3) is 0. The highest BCUT2D eigenvalue weighted by atomic mass is 14.7. The van der Waals surface area contributed by atoms with Gasteiger partial charge in [-0.05, 0) is 23.3 Å². The molecular weight excluding hydrogens is 230 g/mol. The van der Waals surface area contributed by atoms with E-state index in [-0.39, 0.29) is 0 Å². The SMILES string of the molecule is c1ccc([C](c2ccccc2)c2ccccn2)cc1. The van der Waals surface area contributed by atoms with E-state index < -0.39 is 0 Å². The molecule has 0 unspecified atom stereocenters. The van der Waals surface area contributed by atoms with Crippen molar-refractivity contribution in [2.45, 2.75) is 0 Å². The molecule has 91 valence electrons. The lowest BCUT2D eigenvalue weighted by Gasteiger charge is -2.16. The zero-order valence-corrected chi connectivity index (χ0v) is 10.5. The Morgan fingerprint density at radius 3 is 1.58 bits per heavy atom. The number of pyridine rings is 1. The van der Waals surface area contributed by atoms with Crippen LogP contribution in [0, 0.1) is 5.92 Å². The molecule has 2 aromatic carbocycles. The molecule has 0 fully saturated rings. The smallest absolute Gasteiger partial charge is 0.0817 e. The van der Waals surface area contributed by atoms with Crippen molar-refractivity contribution >= 4 is 0 Å². The van der Waals surface area contributed by atoms with Crippen molar-refractivity contribution in [1.29, 1.82) is 0 Å². The molecule has 1 heterocycles. The maximum absolute atomic E-state index is 4.49. The Morgan fingerprint density at radius 1 is 0.579 bits per heavy atom. The van der Waals surface area contributed by atoms with Crippen molar-refractivity contribution in [3.63, 3.8) is 0 Å². The van der Waals surface area contributed by atoms with E-state index in [2.05, 4.69) is 59.6 Å². The Morgan fingerprint density at radius 2 is 1.11 bits per heavy atom. The lowest BCUT2D eigenvalue weighted by atomic mass is 9.88. The summed E-state index contributed by atoms with van der Waals surface area (Å²) in [5, 5.41) is 0. The van der Waals surface area contributed by atoms with E-state index >= 15 is 0 Å². The van der Waals surface area contributed by atoms with Crippen LogP contribution in [0.2, 0.25) is 0 Å². The Balaban J connectivity index is 2.12. The predicted octanol–water partition coefficient (Wildman–Crippen LogP) is 4.10. The topological polar surface area (TPSA) is 12.9 Å². The molecule has 1 heteroatoms. The van der Waals surface area contributed by atoms with Crippen LogP contribution in [0.5, 0.6) is 0 Å². The first-order valence-electron chi connectivity index (χ1n) is 6.34. The largest absolute Gasteiger partial charge is 0.260 e. The van der Waals surface area contributed by atoms with Crippen LogP contribution in [-0.2, 0) is 0 Å². The standard InChI is InChI=1S/C18H14N/c1-3-9-15(10-4-1)18(16-11-5-2-6-12-16)17-13-7-8-14-19-17/h1-14H. The minimum Gasteiger partial charge on any atom is -0.260 e. The predicted molar refractivity (Wildman–Crippen MR) is 77.7 cm³/mol. The molecular formula is C18H14N. The van der Waals surface area contributed by atoms with E-state index in [1.54, 1.807) is 0 Å². The van der Waals surface area contributed by atoms with Crippen LogP contribution < -0.4 is 0 Å². The lowest BCUT2D eigenvalue weighted by molar-refractivity contribution is 1.12. The summed E-state index contributed by atoms with van der Waals surface area (Å²) in [5.74, 6) is 1.17. The second kappa shape index (κ2) is 5.49. The van der Waals surface area contributed by atoms with Gasteiger partial charge in [0.25, 0.3) is 0 Å². The minimum atomic E-state index is 1.000. The molecule has 0 spiro atoms. The van der Waals surface area contributed by atoms with Crippen molar-refractivity contribution in [2.75, 3.05) is 0 Å². The van der Waals surface area contributed by atoms with Crippen molar-refractivity contribution in [3.05, 3.63) is 108 Å². The average molecular weight is 244 g/mol. The van der Waals surface area contributed by atoms with E-state index in [0.29, 0.717) is 0 Å². The van der Waals surface area contributed by atoms with Gasteiger partial charge in [0.1, 0.15) is 0 Å². The summed E-state index contributed by atoms with van der Waals surface area (Å²) >= 11 is 0. The first-order chi connectivity index (χ1) is 9.45. The van der Waals surface area contributed by atoms with Gasteiger partial charge in [-0.15, -0.1) is 0 Å². The van der Waals surface area contributed by atoms with E-state index in [1.807, 2.05) is 30.5 Å². The number of rotatable bonds is 3. The summed E-state index contributed by atoms with van der Waals surface area (Å²) in [6, 6.07) is 26.8. The summed E-state index contributed by atoms with van der Waals surface area (Å²) in [6.07, 6.45) is 1.83. The number of hydrogen-bond acceptors (Lipinski definition) is 1. The average Bonchev–Trinajstić information content (AvgIpc) is 2.51. The van der Waals surface area contributed by atoms with Crippen LogP contribution in [0.1, 0.15) is 16.8 Å². The Hall–Kier alpha value is -2.41. The van der Waals surface area contributed by atoms with Crippen LogP contribution >= 0.6 is 0 Å². The monoisotopic (exact) mass is 244 g/mol. The van der Waals surface area contributed by atoms with Crippen molar-refractivity contribution in [2.24, 2.45) is 0 Å². The molecule has 0 atom stereocenters. The lowest BCUT2D eigenvalue weighted by Crippen LogP contribution is -2.05. The summed E-state index contributed by atoms with van der Waals surface area (Å²) < 4.78 is 0. The molecule has 19 heavy (non-hydrogen) atoms. The molecule has 1 radical (unpaired) electrons. The second-order valence-electron chi connectivity index (χ2n) is 4.32. The highest BCUT2D eigenvalue weighted by Crippen LogP contribution is 2.28. The molecule has 1 aromatic heterocycles. The van der Waals surface area contributed by atoms with Gasteiger partial charge in [0.05, 0.1) is 11.6 Å². The van der Waals surface area contributed by atoms with Crippen molar-refractivity contribution in [1.82, 2.24) is 4.98 Å². The van der Waals surface area contributed by atoms with Crippen molar-refractivity contribution < 1.29 is 0 Å². The van der Waals surface area contributed by atoms with E-state index in [4.69, 9.17) is 0 Å². The van der Waals surface area contributed by atoms with Crippen LogP contribution in [-0.4, -0.2) is 4.98 Å². The van der Waals surface area contributed by atoms with Gasteiger partial charge in [0, 0.05) is 6.20 Å². The zero-order valence-electron chi connectivity index (χ0n) is 10.5. The van der Waals surface area contributed by atoms with Gasteiger partial charge < -0.3 is 0 Å². The van der Waals surface area contributed by atoms with Gasteiger partial charge in [-0.1, -0.05) is 66.7 Å². The molecule has 3 aromatic rings. The molecule has 0 amide bonds. The zero-order chi connectivity index (χ0) is 12.9. The Bertz CT molecular complexity index is 524. The molecule has 0 bridgehead atoms. The van der Waals surface area contributed by atoms with Gasteiger partial charge in [-0.25, -0.2) is 0 Å². The fourth-order valence-corrected chi connectivity index (χ4v) is 2.18. The van der Waals surface area contributed by atoms with Crippen LogP contribution in [0.15, 0.2) is 85.1 Å². The summed E-state index contributed by atoms with van der Waals surface area (Å²) in [7, 11) is 0. The first kappa shape index (κ1) is 11.7. The summed E-state index contributed by atoms with van der Waals surface area (Å²) in [6.45, 7) is 0. The molecule has 0 aliphatic carbocycles. The highest BCUT2D eigenvalue weighted by Gasteiger charge is 2.17. The number of benzene rings is 2. The maximum Gasteiger partial charge on any atom is 0.0817 e. The highest BCUT2D eigenvalue weighted by molar-refractivity contribution is 5.54. The first-order valence-corrected chi connectivity index (χ1v) is 6.34. The summed E-state index contributed by atoms with van der Waals surface area (Å²) in [4.78, 5) is 4.49. The third kappa shape index (κ3) is 2.55.